The number of fused-ring (bicyclic) bond motifs is 1. The fraction of sp³-hybridized carbons (Fsp3) is 0.200. The molecule has 0 fully saturated rings. The molecule has 3 aromatic rings. The minimum atomic E-state index is -0.582. The summed E-state index contributed by atoms with van der Waals surface area (Å²) in [6.07, 6.45) is 3.88. The van der Waals surface area contributed by atoms with Crippen molar-refractivity contribution in [2.75, 3.05) is 0 Å². The third-order valence-corrected chi connectivity index (χ3v) is 6.09. The van der Waals surface area contributed by atoms with E-state index in [-0.39, 0.29) is 16.7 Å². The fourth-order valence-corrected chi connectivity index (χ4v) is 4.45. The molecule has 0 aliphatic carbocycles. The zero-order valence-corrected chi connectivity index (χ0v) is 16.2. The number of thioether (sulfide) groups is 1. The van der Waals surface area contributed by atoms with Gasteiger partial charge in [0.1, 0.15) is 5.56 Å². The van der Waals surface area contributed by atoms with Crippen molar-refractivity contribution in [3.63, 3.8) is 0 Å². The lowest BCUT2D eigenvalue weighted by molar-refractivity contribution is 0.410. The van der Waals surface area contributed by atoms with E-state index in [9.17, 15) is 14.7 Å². The van der Waals surface area contributed by atoms with Gasteiger partial charge in [0.05, 0.1) is 11.4 Å². The molecule has 1 aliphatic heterocycles. The Bertz CT molecular complexity index is 1200. The predicted molar refractivity (Wildman–Crippen MR) is 109 cm³/mol. The first-order valence-electron chi connectivity index (χ1n) is 8.70. The van der Waals surface area contributed by atoms with Crippen molar-refractivity contribution in [1.82, 2.24) is 14.1 Å². The van der Waals surface area contributed by atoms with Crippen LogP contribution in [0.15, 0.2) is 68.3 Å². The van der Waals surface area contributed by atoms with Crippen LogP contribution >= 0.6 is 11.8 Å². The Morgan fingerprint density at radius 2 is 1.79 bits per heavy atom. The van der Waals surface area contributed by atoms with Crippen LogP contribution in [0.1, 0.15) is 22.8 Å². The van der Waals surface area contributed by atoms with Gasteiger partial charge in [0.2, 0.25) is 5.88 Å². The smallest absolute Gasteiger partial charge is 0.333 e. The van der Waals surface area contributed by atoms with Crippen LogP contribution < -0.4 is 11.2 Å². The highest BCUT2D eigenvalue weighted by Gasteiger charge is 2.27. The number of aromatic nitrogens is 3. The summed E-state index contributed by atoms with van der Waals surface area (Å²) in [5.41, 5.74) is 1.15. The zero-order valence-electron chi connectivity index (χ0n) is 15.4. The topological polar surface area (TPSA) is 89.5 Å². The molecule has 4 rings (SSSR count). The molecular weight excluding hydrogens is 376 g/mol. The monoisotopic (exact) mass is 394 g/mol. The van der Waals surface area contributed by atoms with Gasteiger partial charge in [-0.25, -0.2) is 4.79 Å². The number of rotatable bonds is 2. The molecule has 8 heteroatoms. The Labute approximate surface area is 165 Å². The molecule has 2 aromatic heterocycles. The van der Waals surface area contributed by atoms with Crippen LogP contribution in [-0.4, -0.2) is 24.9 Å². The highest BCUT2D eigenvalue weighted by molar-refractivity contribution is 7.99. The summed E-state index contributed by atoms with van der Waals surface area (Å²) in [5, 5.41) is 10.6. The standard InChI is InChI=1S/C20H18N4O3S/c1-23-18(25)17(19(26)24(2)20(23)27)14-11-16(12-7-9-21-10-8-12)28-15-6-4-3-5-13(15)22-14/h3-10,16,25H,11H2,1-2H3/t16-/m1/s1. The SMILES string of the molecule is Cn1c(O)c(C2=Nc3ccccc3S[C@@H](c3ccncc3)C2)c(=O)n(C)c1=O. The van der Waals surface area contributed by atoms with E-state index < -0.39 is 11.2 Å². The second kappa shape index (κ2) is 7.12. The van der Waals surface area contributed by atoms with Crippen LogP contribution in [0, 0.1) is 0 Å². The molecule has 0 saturated heterocycles. The van der Waals surface area contributed by atoms with Gasteiger partial charge in [-0.05, 0) is 29.8 Å². The molecule has 0 spiro atoms. The number of para-hydroxylation sites is 1. The Morgan fingerprint density at radius 3 is 2.54 bits per heavy atom. The van der Waals surface area contributed by atoms with E-state index in [2.05, 4.69) is 4.98 Å². The summed E-state index contributed by atoms with van der Waals surface area (Å²) < 4.78 is 2.05. The molecule has 0 unspecified atom stereocenters. The molecule has 1 atom stereocenters. The van der Waals surface area contributed by atoms with Crippen LogP contribution in [0.2, 0.25) is 0 Å². The minimum Gasteiger partial charge on any atom is -0.494 e. The van der Waals surface area contributed by atoms with Gasteiger partial charge in [0, 0.05) is 43.1 Å². The molecule has 1 aromatic carbocycles. The molecule has 0 bridgehead atoms. The van der Waals surface area contributed by atoms with Crippen LogP contribution in [0.3, 0.4) is 0 Å². The Kier molecular flexibility index (Phi) is 4.64. The second-order valence-corrected chi connectivity index (χ2v) is 7.77. The highest BCUT2D eigenvalue weighted by Crippen LogP contribution is 2.45. The van der Waals surface area contributed by atoms with E-state index in [0.29, 0.717) is 12.1 Å². The van der Waals surface area contributed by atoms with Crippen molar-refractivity contribution >= 4 is 23.2 Å². The maximum Gasteiger partial charge on any atom is 0.333 e. The number of nitrogens with zero attached hydrogens (tertiary/aromatic N) is 4. The summed E-state index contributed by atoms with van der Waals surface area (Å²) in [7, 11) is 2.83. The van der Waals surface area contributed by atoms with Crippen LogP contribution in [0.4, 0.5) is 5.69 Å². The van der Waals surface area contributed by atoms with Gasteiger partial charge >= 0.3 is 5.69 Å². The quantitative estimate of drug-likeness (QED) is 0.721. The Balaban J connectivity index is 1.95. The molecule has 0 radical (unpaired) electrons. The first-order valence-corrected chi connectivity index (χ1v) is 9.58. The first-order chi connectivity index (χ1) is 13.5. The third-order valence-electron chi connectivity index (χ3n) is 4.77. The van der Waals surface area contributed by atoms with Crippen LogP contribution in [0.25, 0.3) is 0 Å². The molecule has 0 amide bonds. The van der Waals surface area contributed by atoms with Gasteiger partial charge in [0.25, 0.3) is 5.56 Å². The number of aromatic hydroxyl groups is 1. The molecule has 1 aliphatic rings. The zero-order chi connectivity index (χ0) is 19.8. The van der Waals surface area contributed by atoms with Crippen molar-refractivity contribution in [2.24, 2.45) is 19.1 Å². The maximum atomic E-state index is 12.8. The van der Waals surface area contributed by atoms with Gasteiger partial charge in [0.15, 0.2) is 0 Å². The fourth-order valence-electron chi connectivity index (χ4n) is 3.22. The van der Waals surface area contributed by atoms with E-state index in [1.807, 2.05) is 36.4 Å². The number of pyridine rings is 1. The van der Waals surface area contributed by atoms with E-state index in [1.165, 1.54) is 14.1 Å². The Hall–Kier alpha value is -3.13. The molecule has 1 N–H and O–H groups in total. The second-order valence-electron chi connectivity index (χ2n) is 6.52. The van der Waals surface area contributed by atoms with Crippen LogP contribution in [0.5, 0.6) is 5.88 Å². The van der Waals surface area contributed by atoms with Gasteiger partial charge in [-0.2, -0.15) is 0 Å². The maximum absolute atomic E-state index is 12.8. The number of hydrogen-bond donors (Lipinski definition) is 1. The van der Waals surface area contributed by atoms with Crippen molar-refractivity contribution in [3.8, 4) is 5.88 Å². The van der Waals surface area contributed by atoms with E-state index in [0.717, 1.165) is 25.3 Å². The number of aliphatic imine (C=N–C) groups is 1. The lowest BCUT2D eigenvalue weighted by atomic mass is 10.0. The van der Waals surface area contributed by atoms with Crippen molar-refractivity contribution in [2.45, 2.75) is 16.6 Å². The van der Waals surface area contributed by atoms with Crippen molar-refractivity contribution < 1.29 is 5.11 Å². The van der Waals surface area contributed by atoms with E-state index in [4.69, 9.17) is 4.99 Å². The predicted octanol–water partition coefficient (Wildman–Crippen LogP) is 2.54. The molecule has 28 heavy (non-hydrogen) atoms. The van der Waals surface area contributed by atoms with Gasteiger partial charge in [-0.3, -0.25) is 23.9 Å². The van der Waals surface area contributed by atoms with Gasteiger partial charge in [-0.15, -0.1) is 11.8 Å². The van der Waals surface area contributed by atoms with Crippen LogP contribution in [-0.2, 0) is 14.1 Å². The average molecular weight is 394 g/mol. The molecule has 0 saturated carbocycles. The summed E-state index contributed by atoms with van der Waals surface area (Å²) >= 11 is 1.65. The number of hydrogen-bond acceptors (Lipinski definition) is 6. The average Bonchev–Trinajstić information content (AvgIpc) is 2.91. The largest absolute Gasteiger partial charge is 0.494 e. The Morgan fingerprint density at radius 1 is 1.07 bits per heavy atom. The lowest BCUT2D eigenvalue weighted by Crippen LogP contribution is -2.40. The molecule has 142 valence electrons. The molecule has 7 nitrogen and oxygen atoms in total. The highest BCUT2D eigenvalue weighted by atomic mass is 32.2. The molecule has 3 heterocycles. The minimum absolute atomic E-state index is 0.0215. The molecular formula is C20H18N4O3S. The lowest BCUT2D eigenvalue weighted by Gasteiger charge is -2.17. The van der Waals surface area contributed by atoms with Crippen molar-refractivity contribution in [1.29, 1.82) is 0 Å². The summed E-state index contributed by atoms with van der Waals surface area (Å²) in [6.45, 7) is 0. The van der Waals surface area contributed by atoms with Crippen molar-refractivity contribution in [3.05, 3.63) is 80.8 Å². The third kappa shape index (κ3) is 3.05. The van der Waals surface area contributed by atoms with Gasteiger partial charge < -0.3 is 5.11 Å². The summed E-state index contributed by atoms with van der Waals surface area (Å²) in [6, 6.07) is 11.6. The normalized spacial score (nSPS) is 16.2. The first kappa shape index (κ1) is 18.2. The number of benzene rings is 1. The summed E-state index contributed by atoms with van der Waals surface area (Å²) in [5.74, 6) is -0.371. The van der Waals surface area contributed by atoms with Gasteiger partial charge in [-0.1, -0.05) is 12.1 Å². The summed E-state index contributed by atoms with van der Waals surface area (Å²) in [4.78, 5) is 34.7. The van der Waals surface area contributed by atoms with E-state index >= 15 is 0 Å². The van der Waals surface area contributed by atoms with E-state index in [1.54, 1.807) is 24.2 Å².